The number of halogens is 1. The van der Waals surface area contributed by atoms with Gasteiger partial charge in [-0.2, -0.15) is 0 Å². The molecule has 3 aromatic rings. The van der Waals surface area contributed by atoms with Gasteiger partial charge in [0.25, 0.3) is 0 Å². The van der Waals surface area contributed by atoms with Crippen molar-refractivity contribution < 1.29 is 9.18 Å². The number of amides is 1. The summed E-state index contributed by atoms with van der Waals surface area (Å²) < 4.78 is 15.3. The summed E-state index contributed by atoms with van der Waals surface area (Å²) in [6.45, 7) is 2.07. The number of benzene rings is 2. The van der Waals surface area contributed by atoms with Gasteiger partial charge in [-0.05, 0) is 43.2 Å². The summed E-state index contributed by atoms with van der Waals surface area (Å²) in [5.41, 5.74) is 2.90. The van der Waals surface area contributed by atoms with Crippen LogP contribution in [0.2, 0.25) is 0 Å². The molecule has 1 aromatic heterocycles. The van der Waals surface area contributed by atoms with Crippen LogP contribution < -0.4 is 4.90 Å². The van der Waals surface area contributed by atoms with Crippen molar-refractivity contribution in [2.45, 2.75) is 24.5 Å². The average Bonchev–Trinajstić information content (AvgIpc) is 3.23. The van der Waals surface area contributed by atoms with Gasteiger partial charge in [-0.25, -0.2) is 9.37 Å². The summed E-state index contributed by atoms with van der Waals surface area (Å²) in [5, 5.41) is 0.670. The Morgan fingerprint density at radius 2 is 2.12 bits per heavy atom. The molecule has 0 fully saturated rings. The number of anilines is 1. The third kappa shape index (κ3) is 3.12. The van der Waals surface area contributed by atoms with Gasteiger partial charge in [0.05, 0.1) is 11.4 Å². The SMILES string of the molecule is C[C@@H]1Cc2ccccc2N1C(=O)CSc1nccn1-c1cccc(F)c1. The molecule has 4 rings (SSSR count). The summed E-state index contributed by atoms with van der Waals surface area (Å²) >= 11 is 1.36. The van der Waals surface area contributed by atoms with Crippen molar-refractivity contribution in [3.8, 4) is 5.69 Å². The molecule has 0 spiro atoms. The fourth-order valence-corrected chi connectivity index (χ4v) is 4.19. The van der Waals surface area contributed by atoms with E-state index >= 15 is 0 Å². The number of hydrogen-bond donors (Lipinski definition) is 0. The maximum Gasteiger partial charge on any atom is 0.237 e. The number of thioether (sulfide) groups is 1. The number of para-hydroxylation sites is 1. The van der Waals surface area contributed by atoms with Crippen molar-refractivity contribution in [3.63, 3.8) is 0 Å². The minimum atomic E-state index is -0.300. The second kappa shape index (κ2) is 6.96. The molecular weight excluding hydrogens is 349 g/mol. The van der Waals surface area contributed by atoms with Gasteiger partial charge in [-0.3, -0.25) is 9.36 Å². The quantitative estimate of drug-likeness (QED) is 0.652. The Morgan fingerprint density at radius 1 is 1.27 bits per heavy atom. The fraction of sp³-hybridized carbons (Fsp3) is 0.200. The molecule has 0 saturated heterocycles. The zero-order valence-corrected chi connectivity index (χ0v) is 15.1. The first-order valence-electron chi connectivity index (χ1n) is 8.45. The molecule has 4 nitrogen and oxygen atoms in total. The molecular formula is C20H18FN3OS. The van der Waals surface area contributed by atoms with E-state index in [1.54, 1.807) is 23.0 Å². The lowest BCUT2D eigenvalue weighted by Gasteiger charge is -2.22. The van der Waals surface area contributed by atoms with E-state index < -0.39 is 0 Å². The molecule has 1 amide bonds. The van der Waals surface area contributed by atoms with E-state index in [-0.39, 0.29) is 23.5 Å². The molecule has 0 aliphatic carbocycles. The fourth-order valence-electron chi connectivity index (χ4n) is 3.36. The van der Waals surface area contributed by atoms with Crippen molar-refractivity contribution in [1.82, 2.24) is 9.55 Å². The maximum atomic E-state index is 13.5. The lowest BCUT2D eigenvalue weighted by molar-refractivity contribution is -0.116. The smallest absolute Gasteiger partial charge is 0.237 e. The number of imidazole rings is 1. The van der Waals surface area contributed by atoms with Gasteiger partial charge in [0, 0.05) is 24.1 Å². The second-order valence-electron chi connectivity index (χ2n) is 6.29. The van der Waals surface area contributed by atoms with Crippen LogP contribution in [0.15, 0.2) is 66.1 Å². The third-order valence-electron chi connectivity index (χ3n) is 4.49. The van der Waals surface area contributed by atoms with Gasteiger partial charge < -0.3 is 4.90 Å². The van der Waals surface area contributed by atoms with Crippen molar-refractivity contribution in [2.24, 2.45) is 0 Å². The van der Waals surface area contributed by atoms with Gasteiger partial charge in [0.1, 0.15) is 5.82 Å². The Morgan fingerprint density at radius 3 is 2.96 bits per heavy atom. The van der Waals surface area contributed by atoms with Crippen LogP contribution in [0, 0.1) is 5.82 Å². The number of fused-ring (bicyclic) bond motifs is 1. The van der Waals surface area contributed by atoms with Crippen LogP contribution >= 0.6 is 11.8 Å². The minimum absolute atomic E-state index is 0.0567. The number of carbonyl (C=O) groups is 1. The minimum Gasteiger partial charge on any atom is -0.308 e. The van der Waals surface area contributed by atoms with Crippen LogP contribution in [0.3, 0.4) is 0 Å². The zero-order chi connectivity index (χ0) is 18.1. The molecule has 0 N–H and O–H groups in total. The summed E-state index contributed by atoms with van der Waals surface area (Å²) in [7, 11) is 0. The molecule has 1 aliphatic rings. The second-order valence-corrected chi connectivity index (χ2v) is 7.24. The van der Waals surface area contributed by atoms with Crippen LogP contribution in [-0.2, 0) is 11.2 Å². The van der Waals surface area contributed by atoms with Crippen molar-refractivity contribution in [2.75, 3.05) is 10.7 Å². The largest absolute Gasteiger partial charge is 0.308 e. The third-order valence-corrected chi connectivity index (χ3v) is 5.45. The van der Waals surface area contributed by atoms with E-state index in [4.69, 9.17) is 0 Å². The van der Waals surface area contributed by atoms with Crippen molar-refractivity contribution in [3.05, 3.63) is 72.3 Å². The highest BCUT2D eigenvalue weighted by molar-refractivity contribution is 7.99. The standard InChI is InChI=1S/C20H18FN3OS/c1-14-11-15-5-2-3-8-18(15)24(14)19(25)13-26-20-22-9-10-23(20)17-7-4-6-16(21)12-17/h2-10,12,14H,11,13H2,1H3/t14-/m1/s1. The molecule has 26 heavy (non-hydrogen) atoms. The van der Waals surface area contributed by atoms with Crippen LogP contribution in [0.4, 0.5) is 10.1 Å². The molecule has 2 heterocycles. The summed E-state index contributed by atoms with van der Waals surface area (Å²) in [6.07, 6.45) is 4.31. The Kier molecular flexibility index (Phi) is 4.51. The van der Waals surface area contributed by atoms with Gasteiger partial charge in [0.15, 0.2) is 5.16 Å². The first kappa shape index (κ1) is 16.8. The summed E-state index contributed by atoms with van der Waals surface area (Å²) in [5.74, 6) is 0.0392. The number of rotatable bonds is 4. The highest BCUT2D eigenvalue weighted by atomic mass is 32.2. The van der Waals surface area contributed by atoms with E-state index in [0.29, 0.717) is 10.8 Å². The molecule has 132 valence electrons. The van der Waals surface area contributed by atoms with Crippen LogP contribution in [0.1, 0.15) is 12.5 Å². The number of nitrogens with zero attached hydrogens (tertiary/aromatic N) is 3. The van der Waals surface area contributed by atoms with Crippen LogP contribution in [0.25, 0.3) is 5.69 Å². The van der Waals surface area contributed by atoms with E-state index in [0.717, 1.165) is 12.1 Å². The molecule has 1 atom stereocenters. The van der Waals surface area contributed by atoms with Crippen molar-refractivity contribution >= 4 is 23.4 Å². The normalized spacial score (nSPS) is 15.9. The average molecular weight is 367 g/mol. The van der Waals surface area contributed by atoms with Crippen LogP contribution in [-0.4, -0.2) is 27.3 Å². The Balaban J connectivity index is 1.51. The first-order chi connectivity index (χ1) is 12.6. The Bertz CT molecular complexity index is 955. The van der Waals surface area contributed by atoms with Gasteiger partial charge in [0.2, 0.25) is 5.91 Å². The Labute approximate surface area is 155 Å². The van der Waals surface area contributed by atoms with Gasteiger partial charge in [-0.1, -0.05) is 36.0 Å². The Hall–Kier alpha value is -2.60. The number of aromatic nitrogens is 2. The lowest BCUT2D eigenvalue weighted by Crippen LogP contribution is -2.37. The zero-order valence-electron chi connectivity index (χ0n) is 14.3. The lowest BCUT2D eigenvalue weighted by atomic mass is 10.1. The summed E-state index contributed by atoms with van der Waals surface area (Å²) in [6, 6.07) is 14.5. The molecule has 0 bridgehead atoms. The summed E-state index contributed by atoms with van der Waals surface area (Å²) in [4.78, 5) is 19.0. The molecule has 6 heteroatoms. The van der Waals surface area contributed by atoms with E-state index in [9.17, 15) is 9.18 Å². The number of carbonyl (C=O) groups excluding carboxylic acids is 1. The van der Waals surface area contributed by atoms with E-state index in [1.807, 2.05) is 29.2 Å². The topological polar surface area (TPSA) is 38.1 Å². The molecule has 2 aromatic carbocycles. The highest BCUT2D eigenvalue weighted by Gasteiger charge is 2.30. The van der Waals surface area contributed by atoms with Gasteiger partial charge >= 0.3 is 0 Å². The first-order valence-corrected chi connectivity index (χ1v) is 9.44. The molecule has 0 unspecified atom stereocenters. The van der Waals surface area contributed by atoms with Crippen LogP contribution in [0.5, 0.6) is 0 Å². The molecule has 0 saturated carbocycles. The predicted molar refractivity (Wildman–Crippen MR) is 101 cm³/mol. The maximum absolute atomic E-state index is 13.5. The monoisotopic (exact) mass is 367 g/mol. The van der Waals surface area contributed by atoms with E-state index in [1.165, 1.54) is 29.5 Å². The number of hydrogen-bond acceptors (Lipinski definition) is 3. The predicted octanol–water partition coefficient (Wildman–Crippen LogP) is 4.08. The molecule has 1 aliphatic heterocycles. The van der Waals surface area contributed by atoms with E-state index in [2.05, 4.69) is 18.0 Å². The molecule has 0 radical (unpaired) electrons. The van der Waals surface area contributed by atoms with Gasteiger partial charge in [-0.15, -0.1) is 0 Å². The van der Waals surface area contributed by atoms with Crippen molar-refractivity contribution in [1.29, 1.82) is 0 Å². The highest BCUT2D eigenvalue weighted by Crippen LogP contribution is 2.33.